The molecule has 3 aliphatic carbocycles. The van der Waals surface area contributed by atoms with Crippen molar-refractivity contribution in [1.82, 2.24) is 15.8 Å². The Balaban J connectivity index is 1.21. The summed E-state index contributed by atoms with van der Waals surface area (Å²) in [7, 11) is 0. The lowest BCUT2D eigenvalue weighted by molar-refractivity contribution is -0.161. The Bertz CT molecular complexity index is 1470. The fraction of sp³-hybridized carbons (Fsp3) is 0.303. The number of hydrazine groups is 1. The van der Waals surface area contributed by atoms with Gasteiger partial charge in [-0.25, -0.2) is 4.79 Å². The van der Waals surface area contributed by atoms with Gasteiger partial charge in [0.2, 0.25) is 11.8 Å². The maximum atomic E-state index is 14.1. The van der Waals surface area contributed by atoms with Gasteiger partial charge in [-0.1, -0.05) is 80.6 Å². The van der Waals surface area contributed by atoms with Crippen molar-refractivity contribution < 1.29 is 28.7 Å². The predicted octanol–water partition coefficient (Wildman–Crippen LogP) is 3.30. The first-order chi connectivity index (χ1) is 20.3. The minimum atomic E-state index is -1.17. The molecule has 4 amide bonds. The number of hydrogen-bond donors (Lipinski definition) is 2. The number of nitrogens with zero attached hydrogens (tertiary/aromatic N) is 1. The topological polar surface area (TPSA) is 122 Å². The van der Waals surface area contributed by atoms with Crippen LogP contribution < -0.4 is 10.9 Å². The second-order valence-electron chi connectivity index (χ2n) is 11.4. The minimum absolute atomic E-state index is 0.0455. The molecule has 3 aromatic rings. The zero-order valence-electron chi connectivity index (χ0n) is 23.3. The average Bonchev–Trinajstić information content (AvgIpc) is 3.27. The van der Waals surface area contributed by atoms with Gasteiger partial charge < -0.3 is 4.74 Å². The number of carbonyl (C=O) groups is 5. The molecule has 4 aliphatic rings. The number of imide groups is 1. The van der Waals surface area contributed by atoms with E-state index in [4.69, 9.17) is 4.74 Å². The Kier molecular flexibility index (Phi) is 7.10. The van der Waals surface area contributed by atoms with Crippen LogP contribution in [0, 0.1) is 17.8 Å². The zero-order chi connectivity index (χ0) is 29.5. The molecule has 0 spiro atoms. The van der Waals surface area contributed by atoms with Crippen LogP contribution in [0.4, 0.5) is 0 Å². The largest absolute Gasteiger partial charge is 0.454 e. The van der Waals surface area contributed by atoms with E-state index in [1.165, 1.54) is 0 Å². The molecule has 9 heteroatoms. The van der Waals surface area contributed by atoms with Gasteiger partial charge in [-0.05, 0) is 46.7 Å². The smallest absolute Gasteiger partial charge is 0.329 e. The first-order valence-electron chi connectivity index (χ1n) is 14.1. The van der Waals surface area contributed by atoms with Crippen molar-refractivity contribution in [1.29, 1.82) is 0 Å². The molecule has 42 heavy (non-hydrogen) atoms. The molecule has 0 unspecified atom stereocenters. The summed E-state index contributed by atoms with van der Waals surface area (Å²) < 4.78 is 5.31. The molecule has 0 saturated carbocycles. The van der Waals surface area contributed by atoms with Gasteiger partial charge >= 0.3 is 5.97 Å². The lowest BCUT2D eigenvalue weighted by Gasteiger charge is -2.45. The highest BCUT2D eigenvalue weighted by Gasteiger charge is 2.63. The zero-order valence-corrected chi connectivity index (χ0v) is 23.3. The molecule has 0 radical (unpaired) electrons. The molecular formula is C33H31N3O6. The molecule has 2 bridgehead atoms. The Labute approximate surface area is 243 Å². The van der Waals surface area contributed by atoms with Gasteiger partial charge in [-0.2, -0.15) is 0 Å². The van der Waals surface area contributed by atoms with Crippen LogP contribution in [0.3, 0.4) is 0 Å². The number of carbonyl (C=O) groups excluding carboxylic acids is 5. The van der Waals surface area contributed by atoms with E-state index in [1.54, 1.807) is 30.3 Å². The Morgan fingerprint density at radius 1 is 0.738 bits per heavy atom. The van der Waals surface area contributed by atoms with E-state index in [2.05, 4.69) is 10.9 Å². The Morgan fingerprint density at radius 2 is 1.21 bits per heavy atom. The van der Waals surface area contributed by atoms with Crippen LogP contribution >= 0.6 is 0 Å². The van der Waals surface area contributed by atoms with Crippen molar-refractivity contribution in [2.75, 3.05) is 6.61 Å². The van der Waals surface area contributed by atoms with Gasteiger partial charge in [-0.3, -0.25) is 34.9 Å². The van der Waals surface area contributed by atoms with E-state index in [-0.39, 0.29) is 36.0 Å². The summed E-state index contributed by atoms with van der Waals surface area (Å²) in [4.78, 5) is 67.3. The lowest BCUT2D eigenvalue weighted by Crippen LogP contribution is -2.48. The summed E-state index contributed by atoms with van der Waals surface area (Å²) in [6, 6.07) is 23.0. The van der Waals surface area contributed by atoms with Gasteiger partial charge in [0.05, 0.1) is 11.8 Å². The molecular weight excluding hydrogens is 534 g/mol. The standard InChI is InChI=1S/C33H31N3O6/c1-18(2)16-24(33(41)42-17-25(37)34-35-30(38)19-10-4-3-5-11-19)36-31(39)28-26-20-12-6-7-13-21(20)27(29(28)32(36)40)23-15-9-8-14-22(23)26/h3-15,18,24,26-29H,16-17H2,1-2H3,(H,34,37)(H,35,38)/t24-,26?,27?,28-,29+/m1/s1. The van der Waals surface area contributed by atoms with Crippen molar-refractivity contribution in [2.45, 2.75) is 38.1 Å². The number of esters is 1. The van der Waals surface area contributed by atoms with E-state index in [1.807, 2.05) is 62.4 Å². The highest BCUT2D eigenvalue weighted by Crippen LogP contribution is 2.61. The summed E-state index contributed by atoms with van der Waals surface area (Å²) in [6.07, 6.45) is 0.192. The van der Waals surface area contributed by atoms with Crippen LogP contribution in [0.2, 0.25) is 0 Å². The molecule has 7 rings (SSSR count). The van der Waals surface area contributed by atoms with E-state index >= 15 is 0 Å². The monoisotopic (exact) mass is 565 g/mol. The fourth-order valence-corrected chi connectivity index (χ4v) is 6.82. The minimum Gasteiger partial charge on any atom is -0.454 e. The van der Waals surface area contributed by atoms with Crippen LogP contribution in [0.5, 0.6) is 0 Å². The molecule has 1 fully saturated rings. The molecule has 3 aromatic carbocycles. The molecule has 2 N–H and O–H groups in total. The van der Waals surface area contributed by atoms with E-state index in [0.717, 1.165) is 27.2 Å². The third-order valence-corrected chi connectivity index (χ3v) is 8.46. The van der Waals surface area contributed by atoms with Gasteiger partial charge in [0, 0.05) is 17.4 Å². The van der Waals surface area contributed by atoms with Crippen LogP contribution in [-0.4, -0.2) is 47.1 Å². The summed E-state index contributed by atoms with van der Waals surface area (Å²) in [5, 5.41) is 0. The number of likely N-dealkylation sites (tertiary alicyclic amines) is 1. The van der Waals surface area contributed by atoms with Gasteiger partial charge in [0.15, 0.2) is 6.61 Å². The van der Waals surface area contributed by atoms with Gasteiger partial charge in [0.25, 0.3) is 11.8 Å². The van der Waals surface area contributed by atoms with Crippen LogP contribution in [-0.2, 0) is 23.9 Å². The summed E-state index contributed by atoms with van der Waals surface area (Å²) in [6.45, 7) is 3.09. The third-order valence-electron chi connectivity index (χ3n) is 8.46. The highest BCUT2D eigenvalue weighted by atomic mass is 16.5. The molecule has 214 valence electrons. The van der Waals surface area contributed by atoms with E-state index in [9.17, 15) is 24.0 Å². The number of amides is 4. The van der Waals surface area contributed by atoms with Crippen molar-refractivity contribution in [2.24, 2.45) is 17.8 Å². The number of ether oxygens (including phenoxy) is 1. The first-order valence-corrected chi connectivity index (χ1v) is 14.1. The van der Waals surface area contributed by atoms with E-state index < -0.39 is 42.3 Å². The molecule has 3 atom stereocenters. The van der Waals surface area contributed by atoms with Crippen LogP contribution in [0.1, 0.15) is 64.7 Å². The molecule has 1 aliphatic heterocycles. The van der Waals surface area contributed by atoms with Crippen LogP contribution in [0.15, 0.2) is 78.9 Å². The van der Waals surface area contributed by atoms with Crippen molar-refractivity contribution in [3.63, 3.8) is 0 Å². The molecule has 1 heterocycles. The summed E-state index contributed by atoms with van der Waals surface area (Å²) in [5.74, 6) is -4.75. The van der Waals surface area contributed by atoms with Gasteiger partial charge in [-0.15, -0.1) is 0 Å². The lowest BCUT2D eigenvalue weighted by atomic mass is 9.55. The average molecular weight is 566 g/mol. The number of nitrogens with one attached hydrogen (secondary N) is 2. The fourth-order valence-electron chi connectivity index (χ4n) is 6.82. The molecule has 9 nitrogen and oxygen atoms in total. The Hall–Kier alpha value is -4.79. The maximum Gasteiger partial charge on any atom is 0.329 e. The highest BCUT2D eigenvalue weighted by molar-refractivity contribution is 6.10. The van der Waals surface area contributed by atoms with Crippen molar-refractivity contribution in [3.05, 3.63) is 107 Å². The third kappa shape index (κ3) is 4.55. The number of hydrogen-bond acceptors (Lipinski definition) is 6. The summed E-state index contributed by atoms with van der Waals surface area (Å²) >= 11 is 0. The Morgan fingerprint density at radius 3 is 1.69 bits per heavy atom. The molecule has 0 aromatic heterocycles. The number of benzene rings is 3. The first kappa shape index (κ1) is 27.4. The SMILES string of the molecule is CC(C)C[C@H](C(=O)OCC(=O)NNC(=O)c1ccccc1)N1C(=O)[C@@H]2C3c4ccccc4C(c4ccccc43)[C@@H]2C1=O. The van der Waals surface area contributed by atoms with E-state index in [0.29, 0.717) is 5.56 Å². The van der Waals surface area contributed by atoms with Crippen molar-refractivity contribution in [3.8, 4) is 0 Å². The summed E-state index contributed by atoms with van der Waals surface area (Å²) in [5.41, 5.74) is 9.01. The second kappa shape index (κ2) is 10.9. The number of rotatable bonds is 7. The van der Waals surface area contributed by atoms with Gasteiger partial charge in [0.1, 0.15) is 6.04 Å². The maximum absolute atomic E-state index is 14.1. The normalized spacial score (nSPS) is 22.2. The predicted molar refractivity (Wildman–Crippen MR) is 152 cm³/mol. The van der Waals surface area contributed by atoms with Crippen molar-refractivity contribution >= 4 is 29.6 Å². The van der Waals surface area contributed by atoms with Crippen LogP contribution in [0.25, 0.3) is 0 Å². The second-order valence-corrected chi connectivity index (χ2v) is 11.4. The quantitative estimate of drug-likeness (QED) is 0.258. The molecule has 1 saturated heterocycles.